The van der Waals surface area contributed by atoms with Crippen molar-refractivity contribution in [3.8, 4) is 5.75 Å². The zero-order valence-electron chi connectivity index (χ0n) is 18.2. The molecule has 0 spiro atoms. The van der Waals surface area contributed by atoms with Gasteiger partial charge >= 0.3 is 0 Å². The van der Waals surface area contributed by atoms with E-state index in [-0.39, 0.29) is 24.2 Å². The van der Waals surface area contributed by atoms with Crippen molar-refractivity contribution in [2.75, 3.05) is 46.0 Å². The Morgan fingerprint density at radius 1 is 1.19 bits per heavy atom. The molecule has 2 fully saturated rings. The summed E-state index contributed by atoms with van der Waals surface area (Å²) in [5.74, 6) is 0.226. The summed E-state index contributed by atoms with van der Waals surface area (Å²) in [6.07, 6.45) is 1.85. The Bertz CT molecular complexity index is 945. The van der Waals surface area contributed by atoms with Crippen molar-refractivity contribution in [3.05, 3.63) is 46.2 Å². The van der Waals surface area contributed by atoms with Gasteiger partial charge in [0, 0.05) is 38.0 Å². The third kappa shape index (κ3) is 5.27. The number of piperidine rings is 1. The number of morpholine rings is 1. The summed E-state index contributed by atoms with van der Waals surface area (Å²) in [4.78, 5) is 34.8. The maximum Gasteiger partial charge on any atom is 0.265 e. The molecule has 0 N–H and O–H groups in total. The number of rotatable bonds is 6. The summed E-state index contributed by atoms with van der Waals surface area (Å²) >= 11 is 1.34. The molecule has 0 radical (unpaired) electrons. The fourth-order valence-electron chi connectivity index (χ4n) is 4.36. The molecule has 9 heteroatoms. The molecule has 0 aliphatic carbocycles. The van der Waals surface area contributed by atoms with E-state index in [4.69, 9.17) is 9.47 Å². The summed E-state index contributed by atoms with van der Waals surface area (Å²) in [6.45, 7) is 5.43. The molecular formula is C23H28FN3O4S. The molecule has 0 bridgehead atoms. The van der Waals surface area contributed by atoms with Gasteiger partial charge in [-0.25, -0.2) is 9.37 Å². The predicted molar refractivity (Wildman–Crippen MR) is 118 cm³/mol. The highest BCUT2D eigenvalue weighted by Crippen LogP contribution is 2.36. The number of likely N-dealkylation sites (tertiary alicyclic amines) is 1. The molecule has 2 saturated heterocycles. The number of hydrogen-bond donors (Lipinski definition) is 0. The number of aromatic nitrogens is 1. The first-order valence-corrected chi connectivity index (χ1v) is 11.8. The molecule has 1 aromatic heterocycles. The average molecular weight is 462 g/mol. The van der Waals surface area contributed by atoms with E-state index in [0.29, 0.717) is 56.4 Å². The van der Waals surface area contributed by atoms with E-state index < -0.39 is 5.41 Å². The fourth-order valence-corrected chi connectivity index (χ4v) is 5.13. The number of halogens is 1. The summed E-state index contributed by atoms with van der Waals surface area (Å²) in [5, 5.41) is 0. The molecule has 2 aromatic rings. The second-order valence-corrected chi connectivity index (χ2v) is 9.36. The lowest BCUT2D eigenvalue weighted by Crippen LogP contribution is -2.52. The van der Waals surface area contributed by atoms with E-state index in [0.717, 1.165) is 18.5 Å². The maximum absolute atomic E-state index is 13.3. The molecule has 32 heavy (non-hydrogen) atoms. The van der Waals surface area contributed by atoms with Crippen LogP contribution < -0.4 is 4.74 Å². The average Bonchev–Trinajstić information content (AvgIpc) is 3.25. The molecule has 1 atom stereocenters. The predicted octanol–water partition coefficient (Wildman–Crippen LogP) is 3.14. The number of ether oxygens (including phenoxy) is 2. The van der Waals surface area contributed by atoms with Crippen LogP contribution in [0.3, 0.4) is 0 Å². The van der Waals surface area contributed by atoms with Gasteiger partial charge in [-0.3, -0.25) is 9.59 Å². The number of thiazole rings is 1. The van der Waals surface area contributed by atoms with Crippen LogP contribution in [-0.4, -0.2) is 72.6 Å². The Balaban J connectivity index is 1.52. The minimum absolute atomic E-state index is 0.0466. The standard InChI is InChI=1S/C23H28FN3O4S/c1-17-21(32-16-25-17)22(29)27-8-2-7-23(14-27,13-20(28)26-9-11-30-12-10-26)15-31-19-5-3-18(24)4-6-19/h3-6,16H,2,7-15H2,1H3. The summed E-state index contributed by atoms with van der Waals surface area (Å²) in [7, 11) is 0. The number of hydrogen-bond acceptors (Lipinski definition) is 6. The first kappa shape index (κ1) is 22.7. The lowest BCUT2D eigenvalue weighted by atomic mass is 9.77. The molecule has 0 saturated carbocycles. The van der Waals surface area contributed by atoms with Gasteiger partial charge in [-0.2, -0.15) is 0 Å². The van der Waals surface area contributed by atoms with Crippen molar-refractivity contribution in [1.29, 1.82) is 0 Å². The van der Waals surface area contributed by atoms with E-state index in [1.807, 2.05) is 16.7 Å². The van der Waals surface area contributed by atoms with Gasteiger partial charge in [0.2, 0.25) is 5.91 Å². The topological polar surface area (TPSA) is 72.0 Å². The Hall–Kier alpha value is -2.52. The summed E-state index contributed by atoms with van der Waals surface area (Å²) in [6, 6.07) is 5.87. The van der Waals surface area contributed by atoms with Gasteiger partial charge in [0.25, 0.3) is 5.91 Å². The van der Waals surface area contributed by atoms with Gasteiger partial charge in [0.05, 0.1) is 31.0 Å². The highest BCUT2D eigenvalue weighted by molar-refractivity contribution is 7.11. The van der Waals surface area contributed by atoms with Gasteiger partial charge in [-0.1, -0.05) is 0 Å². The molecule has 4 rings (SSSR count). The minimum Gasteiger partial charge on any atom is -0.493 e. The van der Waals surface area contributed by atoms with Crippen LogP contribution in [0.25, 0.3) is 0 Å². The van der Waals surface area contributed by atoms with E-state index in [1.54, 1.807) is 17.6 Å². The fraction of sp³-hybridized carbons (Fsp3) is 0.522. The van der Waals surface area contributed by atoms with Crippen LogP contribution in [0.1, 0.15) is 34.6 Å². The number of carbonyl (C=O) groups excluding carboxylic acids is 2. The minimum atomic E-state index is -0.518. The first-order valence-electron chi connectivity index (χ1n) is 10.9. The maximum atomic E-state index is 13.3. The molecule has 2 aliphatic heterocycles. The molecule has 1 unspecified atom stereocenters. The van der Waals surface area contributed by atoms with Gasteiger partial charge in [0.1, 0.15) is 16.4 Å². The van der Waals surface area contributed by atoms with Gasteiger partial charge in [-0.15, -0.1) is 11.3 Å². The second kappa shape index (κ2) is 9.95. The molecule has 2 aliphatic rings. The van der Waals surface area contributed by atoms with Crippen molar-refractivity contribution in [2.24, 2.45) is 5.41 Å². The van der Waals surface area contributed by atoms with Crippen molar-refractivity contribution >= 4 is 23.2 Å². The Kier molecular flexibility index (Phi) is 7.05. The van der Waals surface area contributed by atoms with Crippen LogP contribution in [-0.2, 0) is 9.53 Å². The number of benzene rings is 1. The van der Waals surface area contributed by atoms with Crippen LogP contribution in [0.5, 0.6) is 5.75 Å². The molecule has 172 valence electrons. The lowest BCUT2D eigenvalue weighted by molar-refractivity contribution is -0.139. The number of aryl methyl sites for hydroxylation is 1. The van der Waals surface area contributed by atoms with E-state index in [2.05, 4.69) is 4.98 Å². The Labute approximate surface area is 191 Å². The number of carbonyl (C=O) groups is 2. The van der Waals surface area contributed by atoms with Gasteiger partial charge in [-0.05, 0) is 44.0 Å². The highest BCUT2D eigenvalue weighted by Gasteiger charge is 2.41. The lowest BCUT2D eigenvalue weighted by Gasteiger charge is -2.43. The van der Waals surface area contributed by atoms with E-state index in [1.165, 1.54) is 23.5 Å². The van der Waals surface area contributed by atoms with Gasteiger partial charge in [0.15, 0.2) is 0 Å². The number of nitrogens with zero attached hydrogens (tertiary/aromatic N) is 3. The van der Waals surface area contributed by atoms with E-state index >= 15 is 0 Å². The quantitative estimate of drug-likeness (QED) is 0.661. The Morgan fingerprint density at radius 3 is 2.62 bits per heavy atom. The van der Waals surface area contributed by atoms with E-state index in [9.17, 15) is 14.0 Å². The van der Waals surface area contributed by atoms with Crippen molar-refractivity contribution < 1.29 is 23.5 Å². The molecule has 7 nitrogen and oxygen atoms in total. The number of amides is 2. The highest BCUT2D eigenvalue weighted by atomic mass is 32.1. The normalized spacial score (nSPS) is 21.4. The zero-order valence-corrected chi connectivity index (χ0v) is 19.0. The third-order valence-corrected chi connectivity index (χ3v) is 7.05. The third-order valence-electron chi connectivity index (χ3n) is 6.14. The largest absolute Gasteiger partial charge is 0.493 e. The molecule has 2 amide bonds. The van der Waals surface area contributed by atoms with Crippen LogP contribution >= 0.6 is 11.3 Å². The van der Waals surface area contributed by atoms with Crippen LogP contribution in [0.4, 0.5) is 4.39 Å². The van der Waals surface area contributed by atoms with Gasteiger partial charge < -0.3 is 19.3 Å². The molecule has 3 heterocycles. The van der Waals surface area contributed by atoms with Crippen molar-refractivity contribution in [1.82, 2.24) is 14.8 Å². The van der Waals surface area contributed by atoms with Crippen LogP contribution in [0.2, 0.25) is 0 Å². The summed E-state index contributed by atoms with van der Waals surface area (Å²) < 4.78 is 24.7. The monoisotopic (exact) mass is 461 g/mol. The first-order chi connectivity index (χ1) is 15.5. The van der Waals surface area contributed by atoms with Crippen molar-refractivity contribution in [2.45, 2.75) is 26.2 Å². The molecule has 1 aromatic carbocycles. The Morgan fingerprint density at radius 2 is 1.94 bits per heavy atom. The van der Waals surface area contributed by atoms with Crippen molar-refractivity contribution in [3.63, 3.8) is 0 Å². The summed E-state index contributed by atoms with van der Waals surface area (Å²) in [5.41, 5.74) is 1.89. The zero-order chi connectivity index (χ0) is 22.6. The smallest absolute Gasteiger partial charge is 0.265 e. The second-order valence-electron chi connectivity index (χ2n) is 8.51. The van der Waals surface area contributed by atoms with Crippen LogP contribution in [0, 0.1) is 18.2 Å². The van der Waals surface area contributed by atoms with Crippen LogP contribution in [0.15, 0.2) is 29.8 Å². The SMILES string of the molecule is Cc1ncsc1C(=O)N1CCCC(COc2ccc(F)cc2)(CC(=O)N2CCOCC2)C1. The molecular weight excluding hydrogens is 433 g/mol.